The van der Waals surface area contributed by atoms with Crippen LogP contribution >= 0.6 is 0 Å². The number of benzene rings is 1. The van der Waals surface area contributed by atoms with Crippen molar-refractivity contribution in [1.82, 2.24) is 4.57 Å². The summed E-state index contributed by atoms with van der Waals surface area (Å²) in [4.78, 5) is 23.7. The molecule has 0 aliphatic carbocycles. The molecular weight excluding hydrogens is 254 g/mol. The van der Waals surface area contributed by atoms with E-state index in [1.54, 1.807) is 19.9 Å². The zero-order valence-corrected chi connectivity index (χ0v) is 12.0. The van der Waals surface area contributed by atoms with Gasteiger partial charge in [-0.2, -0.15) is 0 Å². The lowest BCUT2D eigenvalue weighted by Crippen LogP contribution is -2.28. The smallest absolute Gasteiger partial charge is 0.341 e. The molecule has 0 spiro atoms. The topological polar surface area (TPSA) is 59.3 Å². The molecule has 0 aliphatic rings. The van der Waals surface area contributed by atoms with E-state index in [1.165, 1.54) is 4.57 Å². The van der Waals surface area contributed by atoms with Crippen LogP contribution in [0.5, 0.6) is 0 Å². The summed E-state index contributed by atoms with van der Waals surface area (Å²) >= 11 is 0. The second-order valence-corrected chi connectivity index (χ2v) is 5.14. The molecule has 104 valence electrons. The molecule has 0 saturated carbocycles. The largest absolute Gasteiger partial charge is 0.477 e. The first-order chi connectivity index (χ1) is 9.31. The number of rotatable bonds is 2. The Morgan fingerprint density at radius 2 is 1.55 bits per heavy atom. The monoisotopic (exact) mass is 271 g/mol. The quantitative estimate of drug-likeness (QED) is 0.913. The van der Waals surface area contributed by atoms with Gasteiger partial charge in [0.05, 0.1) is 0 Å². The van der Waals surface area contributed by atoms with Crippen LogP contribution in [0.1, 0.15) is 32.7 Å². The Bertz CT molecular complexity index is 737. The highest BCUT2D eigenvalue weighted by Crippen LogP contribution is 2.16. The molecule has 0 atom stereocenters. The Labute approximate surface area is 117 Å². The van der Waals surface area contributed by atoms with Crippen LogP contribution in [0.4, 0.5) is 0 Å². The third kappa shape index (κ3) is 2.37. The minimum atomic E-state index is -1.19. The van der Waals surface area contributed by atoms with Crippen LogP contribution in [0.25, 0.3) is 5.69 Å². The molecule has 1 N–H and O–H groups in total. The lowest BCUT2D eigenvalue weighted by atomic mass is 10.1. The fourth-order valence-electron chi connectivity index (χ4n) is 2.55. The van der Waals surface area contributed by atoms with E-state index in [4.69, 9.17) is 0 Å². The van der Waals surface area contributed by atoms with Gasteiger partial charge in [0.25, 0.3) is 5.56 Å². The van der Waals surface area contributed by atoms with Gasteiger partial charge in [-0.3, -0.25) is 9.36 Å². The van der Waals surface area contributed by atoms with Crippen LogP contribution < -0.4 is 5.56 Å². The predicted molar refractivity (Wildman–Crippen MR) is 77.9 cm³/mol. The summed E-state index contributed by atoms with van der Waals surface area (Å²) in [6, 6.07) is 7.49. The number of carbonyl (C=O) groups is 1. The molecule has 1 aromatic heterocycles. The van der Waals surface area contributed by atoms with Gasteiger partial charge in [-0.1, -0.05) is 6.07 Å². The second kappa shape index (κ2) is 4.96. The molecule has 1 aromatic carbocycles. The lowest BCUT2D eigenvalue weighted by Gasteiger charge is -2.14. The van der Waals surface area contributed by atoms with Crippen molar-refractivity contribution >= 4 is 5.97 Å². The zero-order chi connectivity index (χ0) is 15.0. The molecule has 0 bridgehead atoms. The van der Waals surface area contributed by atoms with E-state index in [9.17, 15) is 14.7 Å². The van der Waals surface area contributed by atoms with E-state index in [-0.39, 0.29) is 5.56 Å². The average molecular weight is 271 g/mol. The molecule has 4 heteroatoms. The van der Waals surface area contributed by atoms with Gasteiger partial charge >= 0.3 is 5.97 Å². The first-order valence-corrected chi connectivity index (χ1v) is 6.36. The van der Waals surface area contributed by atoms with Crippen molar-refractivity contribution in [3.05, 3.63) is 62.6 Å². The SMILES string of the molecule is Cc1cc(C)cc(-n2c(C)cc(C)c(C(=O)O)c2=O)c1. The molecule has 0 saturated heterocycles. The highest BCUT2D eigenvalue weighted by Gasteiger charge is 2.17. The van der Waals surface area contributed by atoms with Gasteiger partial charge in [0.1, 0.15) is 5.56 Å². The van der Waals surface area contributed by atoms with Crippen LogP contribution in [0, 0.1) is 27.7 Å². The zero-order valence-electron chi connectivity index (χ0n) is 12.0. The molecule has 2 rings (SSSR count). The van der Waals surface area contributed by atoms with Crippen molar-refractivity contribution in [2.24, 2.45) is 0 Å². The number of nitrogens with zero attached hydrogens (tertiary/aromatic N) is 1. The Kier molecular flexibility index (Phi) is 3.49. The van der Waals surface area contributed by atoms with Gasteiger partial charge in [0, 0.05) is 11.4 Å². The summed E-state index contributed by atoms with van der Waals surface area (Å²) in [6.45, 7) is 7.34. The molecule has 20 heavy (non-hydrogen) atoms. The van der Waals surface area contributed by atoms with Crippen molar-refractivity contribution < 1.29 is 9.90 Å². The number of pyridine rings is 1. The number of hydrogen-bond acceptors (Lipinski definition) is 2. The number of hydrogen-bond donors (Lipinski definition) is 1. The maximum Gasteiger partial charge on any atom is 0.341 e. The van der Waals surface area contributed by atoms with Crippen molar-refractivity contribution in [3.63, 3.8) is 0 Å². The predicted octanol–water partition coefficient (Wildman–Crippen LogP) is 2.77. The van der Waals surface area contributed by atoms with Gasteiger partial charge in [-0.25, -0.2) is 4.79 Å². The highest BCUT2D eigenvalue weighted by atomic mass is 16.4. The fraction of sp³-hybridized carbons (Fsp3) is 0.250. The minimum Gasteiger partial charge on any atom is -0.477 e. The fourth-order valence-corrected chi connectivity index (χ4v) is 2.55. The maximum absolute atomic E-state index is 12.5. The lowest BCUT2D eigenvalue weighted by molar-refractivity contribution is 0.0693. The second-order valence-electron chi connectivity index (χ2n) is 5.14. The van der Waals surface area contributed by atoms with Crippen molar-refractivity contribution in [3.8, 4) is 5.69 Å². The molecule has 0 unspecified atom stereocenters. The molecule has 1 heterocycles. The normalized spacial score (nSPS) is 10.6. The van der Waals surface area contributed by atoms with Crippen LogP contribution in [0.15, 0.2) is 29.1 Å². The van der Waals surface area contributed by atoms with Crippen LogP contribution in [-0.2, 0) is 0 Å². The van der Waals surface area contributed by atoms with Crippen molar-refractivity contribution in [2.75, 3.05) is 0 Å². The van der Waals surface area contributed by atoms with Gasteiger partial charge < -0.3 is 5.11 Å². The van der Waals surface area contributed by atoms with E-state index in [0.717, 1.165) is 16.8 Å². The summed E-state index contributed by atoms with van der Waals surface area (Å²) in [5.41, 5.74) is 3.32. The molecule has 2 aromatic rings. The molecule has 4 nitrogen and oxygen atoms in total. The third-order valence-electron chi connectivity index (χ3n) is 3.27. The summed E-state index contributed by atoms with van der Waals surface area (Å²) < 4.78 is 1.45. The van der Waals surface area contributed by atoms with Gasteiger partial charge in [0.15, 0.2) is 0 Å². The number of aryl methyl sites for hydroxylation is 4. The Hall–Kier alpha value is -2.36. The Morgan fingerprint density at radius 3 is 2.05 bits per heavy atom. The van der Waals surface area contributed by atoms with Crippen LogP contribution in [0.2, 0.25) is 0 Å². The Morgan fingerprint density at radius 1 is 1.00 bits per heavy atom. The van der Waals surface area contributed by atoms with E-state index < -0.39 is 11.5 Å². The minimum absolute atomic E-state index is 0.172. The summed E-state index contributed by atoms with van der Waals surface area (Å²) in [5, 5.41) is 9.20. The van der Waals surface area contributed by atoms with Crippen molar-refractivity contribution in [1.29, 1.82) is 0 Å². The maximum atomic E-state index is 12.5. The van der Waals surface area contributed by atoms with Gasteiger partial charge in [0.2, 0.25) is 0 Å². The van der Waals surface area contributed by atoms with Crippen molar-refractivity contribution in [2.45, 2.75) is 27.7 Å². The average Bonchev–Trinajstić information content (AvgIpc) is 2.25. The summed E-state index contributed by atoms with van der Waals surface area (Å²) in [6.07, 6.45) is 0. The van der Waals surface area contributed by atoms with Crippen LogP contribution in [-0.4, -0.2) is 15.6 Å². The van der Waals surface area contributed by atoms with E-state index in [2.05, 4.69) is 0 Å². The summed E-state index contributed by atoms with van der Waals surface area (Å²) in [7, 11) is 0. The van der Waals surface area contributed by atoms with E-state index in [0.29, 0.717) is 11.3 Å². The van der Waals surface area contributed by atoms with E-state index >= 15 is 0 Å². The number of carboxylic acids is 1. The summed E-state index contributed by atoms with van der Waals surface area (Å²) in [5.74, 6) is -1.19. The molecular formula is C16H17NO3. The number of carboxylic acid groups (broad SMARTS) is 1. The molecule has 0 aliphatic heterocycles. The first kappa shape index (κ1) is 14.1. The number of aromatic carboxylic acids is 1. The third-order valence-corrected chi connectivity index (χ3v) is 3.27. The van der Waals surface area contributed by atoms with Crippen LogP contribution in [0.3, 0.4) is 0 Å². The molecule has 0 amide bonds. The standard InChI is InChI=1S/C16H17NO3/c1-9-5-10(2)7-13(6-9)17-12(4)8-11(3)14(15(17)18)16(19)20/h5-8H,1-4H3,(H,19,20). The molecule has 0 radical (unpaired) electrons. The Balaban J connectivity index is 2.84. The first-order valence-electron chi connectivity index (χ1n) is 6.36. The highest BCUT2D eigenvalue weighted by molar-refractivity contribution is 5.89. The molecule has 0 fully saturated rings. The van der Waals surface area contributed by atoms with E-state index in [1.807, 2.05) is 32.0 Å². The van der Waals surface area contributed by atoms with Gasteiger partial charge in [-0.05, 0) is 62.6 Å². The number of aromatic nitrogens is 1. The van der Waals surface area contributed by atoms with Gasteiger partial charge in [-0.15, -0.1) is 0 Å².